The number of hydrogen-bond acceptors (Lipinski definition) is 7. The maximum absolute atomic E-state index is 10.1. The number of hydrogen-bond donors (Lipinski definition) is 4. The van der Waals surface area contributed by atoms with Crippen LogP contribution in [0.25, 0.3) is 0 Å². The first-order valence-corrected chi connectivity index (χ1v) is 5.21. The molecule has 8 nitrogen and oxygen atoms in total. The lowest BCUT2D eigenvalue weighted by Gasteiger charge is -2.02. The first-order chi connectivity index (χ1) is 7.52. The number of anilines is 1. The maximum atomic E-state index is 10.1. The number of nitrogens with two attached hydrogens (primary N) is 1. The number of nitrogens with zero attached hydrogens (tertiary/aromatic N) is 1. The molecule has 0 saturated carbocycles. The summed E-state index contributed by atoms with van der Waals surface area (Å²) in [5.74, 6) is -0.808. The predicted octanol–water partition coefficient (Wildman–Crippen LogP) is -0.256. The Kier molecular flexibility index (Phi) is 3.89. The van der Waals surface area contributed by atoms with Crippen molar-refractivity contribution in [3.63, 3.8) is 0 Å². The Bertz CT molecular complexity index is 510. The molecule has 0 bridgehead atoms. The largest absolute Gasteiger partial charge is 0.480 e. The van der Waals surface area contributed by atoms with E-state index in [4.69, 9.17) is 11.1 Å². The summed E-state index contributed by atoms with van der Waals surface area (Å²) in [7, 11) is -2.44. The van der Waals surface area contributed by atoms with Crippen LogP contribution in [0.4, 0.5) is 5.69 Å². The summed E-state index contributed by atoms with van der Waals surface area (Å²) in [5.41, 5.74) is 5.57. The molecule has 0 atom stereocenters. The molecule has 1 rings (SSSR count). The van der Waals surface area contributed by atoms with Crippen molar-refractivity contribution in [1.82, 2.24) is 0 Å². The molecule has 0 aliphatic rings. The second-order valence-electron chi connectivity index (χ2n) is 2.74. The second-order valence-corrected chi connectivity index (χ2v) is 3.43. The van der Waals surface area contributed by atoms with E-state index in [9.17, 15) is 13.5 Å². The standard InChI is InChI=1S/C7H10N4O4S/c8-6(9)5-4(3-15-7(5)12)10-1-2-11-16(13)14/h3,10,12H,1-2H2,(H3,8,9). The summed E-state index contributed by atoms with van der Waals surface area (Å²) in [6, 6.07) is 0. The predicted molar refractivity (Wildman–Crippen MR) is 56.1 cm³/mol. The first-order valence-electron chi connectivity index (χ1n) is 4.18. The number of nitrogens with one attached hydrogen (secondary N) is 2. The van der Waals surface area contributed by atoms with Gasteiger partial charge in [-0.2, -0.15) is 12.8 Å². The van der Waals surface area contributed by atoms with E-state index >= 15 is 0 Å². The van der Waals surface area contributed by atoms with Crippen LogP contribution in [0.15, 0.2) is 15.0 Å². The highest BCUT2D eigenvalue weighted by Crippen LogP contribution is 2.27. The van der Waals surface area contributed by atoms with Crippen molar-refractivity contribution in [3.05, 3.63) is 11.8 Å². The quantitative estimate of drug-likeness (QED) is 0.320. The SMILES string of the molecule is N=C(N)c1c(NCCN=S(=O)=O)coc1O. The third-order valence-electron chi connectivity index (χ3n) is 1.66. The monoisotopic (exact) mass is 246 g/mol. The number of aromatic hydroxyl groups is 1. The van der Waals surface area contributed by atoms with Gasteiger partial charge in [0, 0.05) is 6.54 Å². The zero-order valence-electron chi connectivity index (χ0n) is 8.10. The van der Waals surface area contributed by atoms with Crippen molar-refractivity contribution in [2.45, 2.75) is 0 Å². The van der Waals surface area contributed by atoms with Crippen molar-refractivity contribution in [3.8, 4) is 5.95 Å². The van der Waals surface area contributed by atoms with Crippen molar-refractivity contribution in [2.75, 3.05) is 18.4 Å². The van der Waals surface area contributed by atoms with Gasteiger partial charge >= 0.3 is 10.5 Å². The molecule has 88 valence electrons. The van der Waals surface area contributed by atoms with Gasteiger partial charge in [0.05, 0.1) is 12.2 Å². The molecule has 0 aliphatic carbocycles. The van der Waals surface area contributed by atoms with E-state index in [2.05, 4.69) is 14.1 Å². The van der Waals surface area contributed by atoms with Gasteiger partial charge < -0.3 is 20.6 Å². The zero-order valence-corrected chi connectivity index (χ0v) is 8.91. The number of amidine groups is 1. The molecular formula is C7H10N4O4S. The Morgan fingerprint density at radius 2 is 2.38 bits per heavy atom. The van der Waals surface area contributed by atoms with Crippen molar-refractivity contribution >= 4 is 22.0 Å². The highest BCUT2D eigenvalue weighted by atomic mass is 32.2. The van der Waals surface area contributed by atoms with Crippen LogP contribution in [0.1, 0.15) is 5.56 Å². The van der Waals surface area contributed by atoms with Gasteiger partial charge in [0.25, 0.3) is 5.95 Å². The smallest absolute Gasteiger partial charge is 0.311 e. The van der Waals surface area contributed by atoms with E-state index in [0.717, 1.165) is 0 Å². The molecule has 0 aliphatic heterocycles. The van der Waals surface area contributed by atoms with E-state index in [0.29, 0.717) is 5.69 Å². The normalized spacial score (nSPS) is 9.75. The number of nitrogen functional groups attached to an aromatic ring is 1. The van der Waals surface area contributed by atoms with Crippen LogP contribution < -0.4 is 11.1 Å². The molecule has 1 heterocycles. The summed E-state index contributed by atoms with van der Waals surface area (Å²) in [6.07, 6.45) is 1.18. The van der Waals surface area contributed by atoms with Crippen molar-refractivity contribution < 1.29 is 17.9 Å². The summed E-state index contributed by atoms with van der Waals surface area (Å²) in [5, 5.41) is 19.1. The van der Waals surface area contributed by atoms with Gasteiger partial charge in [0.2, 0.25) is 0 Å². The lowest BCUT2D eigenvalue weighted by atomic mass is 10.2. The fourth-order valence-corrected chi connectivity index (χ4v) is 1.29. The minimum Gasteiger partial charge on any atom is -0.480 e. The average Bonchev–Trinajstić information content (AvgIpc) is 2.54. The van der Waals surface area contributed by atoms with Crippen LogP contribution in [0.2, 0.25) is 0 Å². The third kappa shape index (κ3) is 2.98. The summed E-state index contributed by atoms with van der Waals surface area (Å²) < 4.78 is 28.0. The van der Waals surface area contributed by atoms with E-state index < -0.39 is 16.4 Å². The summed E-state index contributed by atoms with van der Waals surface area (Å²) in [6.45, 7) is 0.257. The highest BCUT2D eigenvalue weighted by molar-refractivity contribution is 7.61. The molecule has 0 aromatic carbocycles. The zero-order chi connectivity index (χ0) is 12.1. The van der Waals surface area contributed by atoms with Gasteiger partial charge in [0.15, 0.2) is 0 Å². The van der Waals surface area contributed by atoms with Crippen LogP contribution >= 0.6 is 0 Å². The van der Waals surface area contributed by atoms with Gasteiger partial charge in [-0.15, -0.1) is 0 Å². The average molecular weight is 246 g/mol. The summed E-state index contributed by atoms with van der Waals surface area (Å²) in [4.78, 5) is 0. The van der Waals surface area contributed by atoms with E-state index in [1.807, 2.05) is 0 Å². The molecule has 0 fully saturated rings. The topological polar surface area (TPSA) is 142 Å². The Balaban J connectivity index is 2.68. The molecule has 0 amide bonds. The third-order valence-corrected chi connectivity index (χ3v) is 2.06. The molecule has 0 unspecified atom stereocenters. The van der Waals surface area contributed by atoms with Crippen molar-refractivity contribution in [2.24, 2.45) is 10.1 Å². The maximum Gasteiger partial charge on any atom is 0.311 e. The fourth-order valence-electron chi connectivity index (χ4n) is 1.05. The van der Waals surface area contributed by atoms with Crippen LogP contribution in [0.5, 0.6) is 5.95 Å². The Morgan fingerprint density at radius 3 is 2.94 bits per heavy atom. The molecule has 0 saturated heterocycles. The number of furan rings is 1. The summed E-state index contributed by atoms with van der Waals surface area (Å²) >= 11 is 0. The molecular weight excluding hydrogens is 236 g/mol. The lowest BCUT2D eigenvalue weighted by molar-refractivity contribution is 0.332. The first kappa shape index (κ1) is 12.0. The minimum atomic E-state index is -2.44. The number of rotatable bonds is 5. The van der Waals surface area contributed by atoms with Crippen LogP contribution in [0.3, 0.4) is 0 Å². The van der Waals surface area contributed by atoms with Gasteiger partial charge in [0.1, 0.15) is 17.7 Å². The van der Waals surface area contributed by atoms with E-state index in [-0.39, 0.29) is 24.5 Å². The van der Waals surface area contributed by atoms with Crippen molar-refractivity contribution in [1.29, 1.82) is 5.41 Å². The lowest BCUT2D eigenvalue weighted by Crippen LogP contribution is -2.14. The Morgan fingerprint density at radius 1 is 1.69 bits per heavy atom. The van der Waals surface area contributed by atoms with Crippen LogP contribution in [-0.2, 0) is 10.5 Å². The molecule has 9 heteroatoms. The van der Waals surface area contributed by atoms with Gasteiger partial charge in [-0.1, -0.05) is 0 Å². The van der Waals surface area contributed by atoms with Crippen LogP contribution in [-0.4, -0.2) is 32.4 Å². The Labute approximate surface area is 92.3 Å². The van der Waals surface area contributed by atoms with Gasteiger partial charge in [-0.3, -0.25) is 5.41 Å². The van der Waals surface area contributed by atoms with E-state index in [1.165, 1.54) is 6.26 Å². The molecule has 1 aromatic rings. The molecule has 16 heavy (non-hydrogen) atoms. The van der Waals surface area contributed by atoms with Gasteiger partial charge in [-0.05, 0) is 0 Å². The minimum absolute atomic E-state index is 0.0411. The Hall–Kier alpha value is -2.03. The van der Waals surface area contributed by atoms with E-state index in [1.54, 1.807) is 0 Å². The fraction of sp³-hybridized carbons (Fsp3) is 0.286. The second kappa shape index (κ2) is 5.16. The molecule has 0 radical (unpaired) electrons. The molecule has 5 N–H and O–H groups in total. The highest BCUT2D eigenvalue weighted by Gasteiger charge is 2.14. The van der Waals surface area contributed by atoms with Crippen LogP contribution in [0, 0.1) is 5.41 Å². The van der Waals surface area contributed by atoms with Gasteiger partial charge in [-0.25, -0.2) is 0 Å². The molecule has 1 aromatic heterocycles. The molecule has 0 spiro atoms.